The molecule has 0 unspecified atom stereocenters. The van der Waals surface area contributed by atoms with E-state index in [2.05, 4.69) is 12.3 Å². The molecule has 0 radical (unpaired) electrons. The van der Waals surface area contributed by atoms with Gasteiger partial charge in [0.2, 0.25) is 0 Å². The fraction of sp³-hybridized carbons (Fsp3) is 0.455. The van der Waals surface area contributed by atoms with E-state index in [-0.39, 0.29) is 5.97 Å². The molecule has 0 rings (SSSR count). The molecule has 0 aromatic heterocycles. The number of rotatable bonds is 4. The first-order valence-corrected chi connectivity index (χ1v) is 4.32. The van der Waals surface area contributed by atoms with E-state index in [1.54, 1.807) is 13.0 Å². The highest BCUT2D eigenvalue weighted by molar-refractivity contribution is 5.88. The normalized spacial score (nSPS) is 8.54. The topological polar surface area (TPSA) is 26.3 Å². The van der Waals surface area contributed by atoms with Crippen molar-refractivity contribution in [2.24, 2.45) is 0 Å². The van der Waals surface area contributed by atoms with E-state index in [4.69, 9.17) is 4.74 Å². The second-order valence-corrected chi connectivity index (χ2v) is 2.82. The molecule has 0 aliphatic heterocycles. The van der Waals surface area contributed by atoms with Gasteiger partial charge in [-0.25, -0.2) is 4.79 Å². The minimum absolute atomic E-state index is 0.302. The summed E-state index contributed by atoms with van der Waals surface area (Å²) in [7, 11) is 0. The Hall–Kier alpha value is -1.27. The lowest BCUT2D eigenvalue weighted by molar-refractivity contribution is -0.138. The van der Waals surface area contributed by atoms with E-state index in [1.807, 2.05) is 13.8 Å². The number of hydrogen-bond acceptors (Lipinski definition) is 2. The molecule has 0 saturated carbocycles. The van der Waals surface area contributed by atoms with Crippen LogP contribution in [0.25, 0.3) is 0 Å². The maximum atomic E-state index is 11.3. The van der Waals surface area contributed by atoms with E-state index < -0.39 is 0 Å². The molecule has 72 valence electrons. The molecular weight excluding hydrogens is 164 g/mol. The predicted molar refractivity (Wildman–Crippen MR) is 53.3 cm³/mol. The highest BCUT2D eigenvalue weighted by Crippen LogP contribution is 2.04. The van der Waals surface area contributed by atoms with Crippen LogP contribution in [0.2, 0.25) is 0 Å². The average molecular weight is 180 g/mol. The van der Waals surface area contributed by atoms with Crippen molar-refractivity contribution in [3.8, 4) is 0 Å². The molecule has 2 heteroatoms. The summed E-state index contributed by atoms with van der Waals surface area (Å²) in [5.74, 6) is -0.302. The molecule has 0 amide bonds. The standard InChI is InChI=1S/C11H16O2/c1-5-7-10(8-9(3)4)11(12)13-6-2/h5H,1,6-7H2,2-4H3. The Labute approximate surface area is 79.6 Å². The number of esters is 1. The second kappa shape index (κ2) is 6.27. The Morgan fingerprint density at radius 1 is 1.54 bits per heavy atom. The first-order valence-electron chi connectivity index (χ1n) is 4.32. The van der Waals surface area contributed by atoms with Crippen LogP contribution in [0.4, 0.5) is 0 Å². The third kappa shape index (κ3) is 5.05. The fourth-order valence-corrected chi connectivity index (χ4v) is 0.850. The molecule has 0 N–H and O–H groups in total. The predicted octanol–water partition coefficient (Wildman–Crippen LogP) is 2.62. The molecule has 0 aliphatic rings. The molecule has 0 aliphatic carbocycles. The van der Waals surface area contributed by atoms with Crippen molar-refractivity contribution >= 4 is 5.97 Å². The SMILES string of the molecule is C=CCC(=C=C(C)C)C(=O)OCC. The van der Waals surface area contributed by atoms with Crippen LogP contribution in [-0.2, 0) is 9.53 Å². The quantitative estimate of drug-likeness (QED) is 0.288. The lowest BCUT2D eigenvalue weighted by Crippen LogP contribution is -2.06. The second-order valence-electron chi connectivity index (χ2n) is 2.82. The monoisotopic (exact) mass is 180 g/mol. The molecule has 0 fully saturated rings. The lowest BCUT2D eigenvalue weighted by atomic mass is 10.2. The smallest absolute Gasteiger partial charge is 0.342 e. The van der Waals surface area contributed by atoms with Gasteiger partial charge in [-0.15, -0.1) is 12.3 Å². The van der Waals surface area contributed by atoms with Crippen LogP contribution in [0.5, 0.6) is 0 Å². The number of hydrogen-bond donors (Lipinski definition) is 0. The number of allylic oxidation sites excluding steroid dienone is 1. The van der Waals surface area contributed by atoms with Gasteiger partial charge in [-0.3, -0.25) is 0 Å². The van der Waals surface area contributed by atoms with Crippen LogP contribution < -0.4 is 0 Å². The number of carbonyl (C=O) groups is 1. The maximum absolute atomic E-state index is 11.3. The van der Waals surface area contributed by atoms with E-state index in [9.17, 15) is 4.79 Å². The van der Waals surface area contributed by atoms with Crippen molar-refractivity contribution in [2.45, 2.75) is 27.2 Å². The van der Waals surface area contributed by atoms with Gasteiger partial charge < -0.3 is 4.74 Å². The van der Waals surface area contributed by atoms with Gasteiger partial charge in [0, 0.05) is 6.42 Å². The minimum Gasteiger partial charge on any atom is -0.462 e. The van der Waals surface area contributed by atoms with E-state index in [1.165, 1.54) is 0 Å². The highest BCUT2D eigenvalue weighted by atomic mass is 16.5. The molecule has 0 saturated heterocycles. The maximum Gasteiger partial charge on any atom is 0.342 e. The van der Waals surface area contributed by atoms with Crippen LogP contribution in [0.1, 0.15) is 27.2 Å². The first-order chi connectivity index (χ1) is 6.11. The van der Waals surface area contributed by atoms with E-state index >= 15 is 0 Å². The largest absolute Gasteiger partial charge is 0.462 e. The van der Waals surface area contributed by atoms with Gasteiger partial charge in [0.05, 0.1) is 12.2 Å². The van der Waals surface area contributed by atoms with Crippen molar-refractivity contribution in [2.75, 3.05) is 6.61 Å². The van der Waals surface area contributed by atoms with Gasteiger partial charge >= 0.3 is 5.97 Å². The third-order valence-electron chi connectivity index (χ3n) is 1.27. The summed E-state index contributed by atoms with van der Waals surface area (Å²) in [6.07, 6.45) is 2.17. The Balaban J connectivity index is 4.71. The molecule has 0 aromatic carbocycles. The van der Waals surface area contributed by atoms with Crippen molar-refractivity contribution < 1.29 is 9.53 Å². The van der Waals surface area contributed by atoms with Gasteiger partial charge in [0.15, 0.2) is 0 Å². The zero-order valence-electron chi connectivity index (χ0n) is 8.52. The Morgan fingerprint density at radius 2 is 2.15 bits per heavy atom. The molecule has 0 spiro atoms. The summed E-state index contributed by atoms with van der Waals surface area (Å²) >= 11 is 0. The van der Waals surface area contributed by atoms with E-state index in [0.29, 0.717) is 18.6 Å². The molecule has 13 heavy (non-hydrogen) atoms. The first kappa shape index (κ1) is 11.7. The molecule has 0 aromatic rings. The highest BCUT2D eigenvalue weighted by Gasteiger charge is 2.07. The van der Waals surface area contributed by atoms with Crippen LogP contribution in [-0.4, -0.2) is 12.6 Å². The third-order valence-corrected chi connectivity index (χ3v) is 1.27. The van der Waals surface area contributed by atoms with Gasteiger partial charge in [0.1, 0.15) is 0 Å². The molecule has 0 atom stereocenters. The number of ether oxygens (including phenoxy) is 1. The zero-order chi connectivity index (χ0) is 10.3. The van der Waals surface area contributed by atoms with Crippen LogP contribution >= 0.6 is 0 Å². The van der Waals surface area contributed by atoms with Crippen molar-refractivity contribution in [3.05, 3.63) is 29.5 Å². The van der Waals surface area contributed by atoms with Crippen LogP contribution in [0, 0.1) is 0 Å². The van der Waals surface area contributed by atoms with Crippen molar-refractivity contribution in [1.82, 2.24) is 0 Å². The lowest BCUT2D eigenvalue weighted by Gasteiger charge is -2.01. The van der Waals surface area contributed by atoms with Crippen LogP contribution in [0.3, 0.4) is 0 Å². The van der Waals surface area contributed by atoms with Gasteiger partial charge in [-0.05, 0) is 26.3 Å². The van der Waals surface area contributed by atoms with Crippen LogP contribution in [0.15, 0.2) is 29.5 Å². The van der Waals surface area contributed by atoms with Crippen molar-refractivity contribution in [1.29, 1.82) is 0 Å². The molecule has 0 heterocycles. The summed E-state index contributed by atoms with van der Waals surface area (Å²) in [5, 5.41) is 0. The summed E-state index contributed by atoms with van der Waals surface area (Å²) in [5.41, 5.74) is 4.45. The molecular formula is C11H16O2. The Bertz CT molecular complexity index is 251. The van der Waals surface area contributed by atoms with Gasteiger partial charge in [-0.1, -0.05) is 6.08 Å². The Kier molecular flexibility index (Phi) is 5.66. The molecule has 2 nitrogen and oxygen atoms in total. The minimum atomic E-state index is -0.302. The Morgan fingerprint density at radius 3 is 2.54 bits per heavy atom. The van der Waals surface area contributed by atoms with Crippen molar-refractivity contribution in [3.63, 3.8) is 0 Å². The summed E-state index contributed by atoms with van der Waals surface area (Å²) in [6.45, 7) is 9.53. The average Bonchev–Trinajstić information content (AvgIpc) is 2.03. The summed E-state index contributed by atoms with van der Waals surface area (Å²) < 4.78 is 4.86. The number of carbonyl (C=O) groups excluding carboxylic acids is 1. The molecule has 0 bridgehead atoms. The fourth-order valence-electron chi connectivity index (χ4n) is 0.850. The summed E-state index contributed by atoms with van der Waals surface area (Å²) in [6, 6.07) is 0. The zero-order valence-corrected chi connectivity index (χ0v) is 8.52. The van der Waals surface area contributed by atoms with E-state index in [0.717, 1.165) is 5.57 Å². The summed E-state index contributed by atoms with van der Waals surface area (Å²) in [4.78, 5) is 11.3. The van der Waals surface area contributed by atoms with Gasteiger partial charge in [-0.2, -0.15) is 0 Å². The van der Waals surface area contributed by atoms with Gasteiger partial charge in [0.25, 0.3) is 0 Å².